The summed E-state index contributed by atoms with van der Waals surface area (Å²) in [6, 6.07) is 0. The summed E-state index contributed by atoms with van der Waals surface area (Å²) in [5, 5.41) is 0. The maximum absolute atomic E-state index is 10.5. The normalized spacial score (nSPS) is 6.79. The van der Waals surface area contributed by atoms with Gasteiger partial charge in [0.25, 0.3) is 0 Å². The van der Waals surface area contributed by atoms with E-state index in [1.165, 1.54) is 0 Å². The molecule has 0 aliphatic carbocycles. The molecule has 0 aliphatic heterocycles. The molecule has 8 heteroatoms. The van der Waals surface area contributed by atoms with E-state index in [0.29, 0.717) is 0 Å². The Morgan fingerprint density at radius 2 is 0.857 bits per heavy atom. The van der Waals surface area contributed by atoms with Crippen molar-refractivity contribution >= 4 is 7.82 Å². The Labute approximate surface area is 127 Å². The fourth-order valence-electron chi connectivity index (χ4n) is 0.112. The zero-order chi connectivity index (χ0) is 6.62. The van der Waals surface area contributed by atoms with Gasteiger partial charge in [0, 0.05) is 0 Å². The second-order valence-electron chi connectivity index (χ2n) is 0.835. The van der Waals surface area contributed by atoms with Crippen molar-refractivity contribution in [2.75, 3.05) is 0 Å². The van der Waals surface area contributed by atoms with Gasteiger partial charge in [-0.3, -0.25) is 0 Å². The van der Waals surface area contributed by atoms with Crippen LogP contribution in [0.25, 0.3) is 0 Å². The average molecular weight is 378 g/mol. The van der Waals surface area contributed by atoms with Crippen LogP contribution in [0, 0.1) is 43.6 Å². The Morgan fingerprint density at radius 3 is 0.857 bits per heavy atom. The molecule has 4 nitrogen and oxygen atoms in total. The molecule has 0 fully saturated rings. The number of rotatable bonds is 3. The number of phosphoric ester groups is 1. The maximum atomic E-state index is 10.5. The molecule has 0 unspecified atom stereocenters. The Bertz CT molecular complexity index is 96.2. The molecule has 0 atom stereocenters. The number of hydrogen-bond acceptors (Lipinski definition) is 4. The van der Waals surface area contributed by atoms with Gasteiger partial charge in [0.1, 0.15) is 0 Å². The smallest absolute Gasteiger partial charge is 0.471 e. The van der Waals surface area contributed by atoms with Crippen molar-refractivity contribution in [2.45, 2.75) is 0 Å². The van der Waals surface area contributed by atoms with Gasteiger partial charge in [0.15, 0.2) is 0 Å². The molecule has 0 heterocycles. The van der Waals surface area contributed by atoms with Crippen LogP contribution in [0.5, 0.6) is 0 Å². The summed E-state index contributed by atoms with van der Waals surface area (Å²) >= 11 is 0. The van der Waals surface area contributed by atoms with Crippen LogP contribution in [0.1, 0.15) is 0 Å². The van der Waals surface area contributed by atoms with Gasteiger partial charge in [-0.25, -0.2) is 25.9 Å². The Balaban J connectivity index is -0.0000000163. The molecule has 0 saturated heterocycles. The predicted molar refractivity (Wildman–Crippen MR) is 46.2 cm³/mol. The second-order valence-corrected chi connectivity index (χ2v) is 2.50. The molecule has 0 aliphatic rings. The molecule has 0 aromatic heterocycles. The topological polar surface area (TPSA) is 44.8 Å². The van der Waals surface area contributed by atoms with Crippen LogP contribution in [0.3, 0.4) is 0 Å². The molecule has 0 amide bonds. The summed E-state index contributed by atoms with van der Waals surface area (Å²) in [5.74, 6) is 0. The van der Waals surface area contributed by atoms with Crippen molar-refractivity contribution in [3.05, 3.63) is 43.6 Å². The van der Waals surface area contributed by atoms with Crippen molar-refractivity contribution < 1.29 is 76.6 Å². The fourth-order valence-corrected chi connectivity index (χ4v) is 0.335. The first-order valence-corrected chi connectivity index (χ1v) is 3.06. The van der Waals surface area contributed by atoms with Crippen molar-refractivity contribution in [1.82, 2.24) is 0 Å². The number of hydrogen-bond donors (Lipinski definition) is 0. The molecule has 0 aromatic rings. The van der Waals surface area contributed by atoms with Gasteiger partial charge < -0.3 is 35.9 Å². The maximum Gasteiger partial charge on any atom is 2.00 e. The largest absolute Gasteiger partial charge is 2.00 e. The Hall–Kier alpha value is 1.98. The van der Waals surface area contributed by atoms with Gasteiger partial charge >= 0.3 is 66.3 Å². The predicted octanol–water partition coefficient (Wildman–Crippen LogP) is 2.86. The summed E-state index contributed by atoms with van der Waals surface area (Å²) < 4.78 is 22.4. The molecular formula is C6H15O4PZn3. The van der Waals surface area contributed by atoms with Crippen LogP contribution < -0.4 is 0 Å². The van der Waals surface area contributed by atoms with Gasteiger partial charge in [-0.05, 0) is 0 Å². The van der Waals surface area contributed by atoms with Crippen LogP contribution in [-0.2, 0) is 76.6 Å². The Kier molecular flexibility index (Phi) is 77.1. The molecule has 0 radical (unpaired) electrons. The van der Waals surface area contributed by atoms with E-state index in [-0.39, 0.29) is 80.7 Å². The van der Waals surface area contributed by atoms with Crippen LogP contribution in [0.2, 0.25) is 0 Å². The minimum atomic E-state index is -3.50. The van der Waals surface area contributed by atoms with E-state index in [9.17, 15) is 4.57 Å². The minimum absolute atomic E-state index is 0. The molecule has 0 spiro atoms. The van der Waals surface area contributed by atoms with Gasteiger partial charge in [0.05, 0.1) is 0 Å². The average Bonchev–Trinajstić information content (AvgIpc) is 1.87. The van der Waals surface area contributed by atoms with E-state index >= 15 is 0 Å². The molecule has 0 N–H and O–H groups in total. The van der Waals surface area contributed by atoms with Crippen molar-refractivity contribution in [3.8, 4) is 0 Å². The summed E-state index contributed by atoms with van der Waals surface area (Å²) in [6.45, 7) is 0. The summed E-state index contributed by atoms with van der Waals surface area (Å²) in [7, 11) is 4.92. The molecule has 0 rings (SSSR count). The SMILES string of the molecule is [CH2-]OP(=O)(O[CH2-])O[CH2-].[CH3-].[CH3-].[CH3-].[Zn+2].[Zn+2].[Zn+2]. The van der Waals surface area contributed by atoms with Crippen LogP contribution >= 0.6 is 7.82 Å². The van der Waals surface area contributed by atoms with Crippen LogP contribution in [-0.4, -0.2) is 0 Å². The third-order valence-corrected chi connectivity index (χ3v) is 1.42. The quantitative estimate of drug-likeness (QED) is 0.430. The van der Waals surface area contributed by atoms with Crippen LogP contribution in [0.4, 0.5) is 0 Å². The molecule has 0 saturated carbocycles. The van der Waals surface area contributed by atoms with Crippen molar-refractivity contribution in [2.24, 2.45) is 0 Å². The third-order valence-electron chi connectivity index (χ3n) is 0.474. The van der Waals surface area contributed by atoms with Gasteiger partial charge in [-0.2, -0.15) is 0 Å². The van der Waals surface area contributed by atoms with E-state index in [4.69, 9.17) is 0 Å². The van der Waals surface area contributed by atoms with E-state index in [0.717, 1.165) is 0 Å². The molecular weight excluding hydrogens is 363 g/mol. The van der Waals surface area contributed by atoms with Gasteiger partial charge in [-0.1, -0.05) is 0 Å². The summed E-state index contributed by atoms with van der Waals surface area (Å²) in [5.41, 5.74) is 0. The van der Waals surface area contributed by atoms with E-state index in [1.54, 1.807) is 0 Å². The van der Waals surface area contributed by atoms with E-state index in [2.05, 4.69) is 34.9 Å². The second kappa shape index (κ2) is 24.3. The van der Waals surface area contributed by atoms with E-state index in [1.807, 2.05) is 0 Å². The zero-order valence-corrected chi connectivity index (χ0v) is 19.1. The zero-order valence-electron chi connectivity index (χ0n) is 9.32. The molecule has 14 heavy (non-hydrogen) atoms. The molecule has 74 valence electrons. The summed E-state index contributed by atoms with van der Waals surface area (Å²) in [4.78, 5) is 0. The monoisotopic (exact) mass is 374 g/mol. The third kappa shape index (κ3) is 19.5. The first kappa shape index (κ1) is 44.5. The van der Waals surface area contributed by atoms with Gasteiger partial charge in [-0.15, -0.1) is 0 Å². The van der Waals surface area contributed by atoms with Gasteiger partial charge in [0.2, 0.25) is 0 Å². The first-order chi connectivity index (χ1) is 3.68. The van der Waals surface area contributed by atoms with E-state index < -0.39 is 7.82 Å². The van der Waals surface area contributed by atoms with Crippen LogP contribution in [0.15, 0.2) is 0 Å². The van der Waals surface area contributed by atoms with Crippen molar-refractivity contribution in [1.29, 1.82) is 0 Å². The van der Waals surface area contributed by atoms with Crippen molar-refractivity contribution in [3.63, 3.8) is 0 Å². The molecule has 0 bridgehead atoms. The fraction of sp³-hybridized carbons (Fsp3) is 0. The number of phosphoric acid groups is 1. The first-order valence-electron chi connectivity index (χ1n) is 1.60. The summed E-state index contributed by atoms with van der Waals surface area (Å²) in [6.07, 6.45) is 0. The Morgan fingerprint density at radius 1 is 0.714 bits per heavy atom. The minimum Gasteiger partial charge on any atom is -0.471 e. The molecule has 0 aromatic carbocycles. The standard InChI is InChI=1S/C3H6O4P.3CH3.3Zn/c1-5-8(4,6-2)7-3;;;;;;/h1-3H2;3*1H3;;;/q-3;3*-1;3*+2.